The van der Waals surface area contributed by atoms with Crippen molar-refractivity contribution >= 4 is 30.0 Å². The summed E-state index contributed by atoms with van der Waals surface area (Å²) in [5.41, 5.74) is 4.69. The van der Waals surface area contributed by atoms with Crippen LogP contribution in [0, 0.1) is 0 Å². The summed E-state index contributed by atoms with van der Waals surface area (Å²) < 4.78 is 5.50. The number of aliphatic imine (C=N–C) groups is 1. The number of allylic oxidation sites excluding steroid dienone is 1. The number of ether oxygens (including phenoxy) is 1. The van der Waals surface area contributed by atoms with Crippen LogP contribution in [0.1, 0.15) is 46.1 Å². The quantitative estimate of drug-likeness (QED) is 0.558. The first-order valence-electron chi connectivity index (χ1n) is 9.31. The van der Waals surface area contributed by atoms with Gasteiger partial charge in [-0.3, -0.25) is 4.99 Å². The van der Waals surface area contributed by atoms with E-state index in [9.17, 15) is 4.79 Å². The van der Waals surface area contributed by atoms with E-state index < -0.39 is 5.60 Å². The lowest BCUT2D eigenvalue weighted by Crippen LogP contribution is -2.40. The van der Waals surface area contributed by atoms with Gasteiger partial charge in [-0.2, -0.15) is 12.6 Å². The van der Waals surface area contributed by atoms with E-state index in [1.807, 2.05) is 45.9 Å². The van der Waals surface area contributed by atoms with Crippen LogP contribution in [-0.2, 0) is 4.74 Å². The average molecular weight is 387 g/mol. The number of nitrogens with zero attached hydrogens (tertiary/aromatic N) is 2. The minimum Gasteiger partial charge on any atom is -0.444 e. The van der Waals surface area contributed by atoms with Crippen molar-refractivity contribution in [1.82, 2.24) is 4.90 Å². The first kappa shape index (κ1) is 21.3. The Morgan fingerprint density at radius 3 is 2.33 bits per heavy atom. The number of benzene rings is 1. The molecule has 0 radical (unpaired) electrons. The fraction of sp³-hybridized carbons (Fsp3) is 0.455. The summed E-state index contributed by atoms with van der Waals surface area (Å²) in [6, 6.07) is 10.2. The molecule has 1 aromatic carbocycles. The van der Waals surface area contributed by atoms with Crippen molar-refractivity contribution in [1.29, 1.82) is 0 Å². The fourth-order valence-electron chi connectivity index (χ4n) is 3.04. The number of likely N-dealkylation sites (tertiary alicyclic amines) is 1. The Bertz CT molecular complexity index is 735. The van der Waals surface area contributed by atoms with Gasteiger partial charge in [0.15, 0.2) is 0 Å². The molecule has 2 rings (SSSR count). The maximum Gasteiger partial charge on any atom is 0.410 e. The molecule has 146 valence electrons. The van der Waals surface area contributed by atoms with Gasteiger partial charge in [0.05, 0.1) is 5.70 Å². The molecule has 0 bridgehead atoms. The van der Waals surface area contributed by atoms with Crippen LogP contribution in [0.2, 0.25) is 0 Å². The second-order valence-corrected chi connectivity index (χ2v) is 8.08. The molecule has 1 amide bonds. The van der Waals surface area contributed by atoms with Crippen LogP contribution in [0.4, 0.5) is 4.79 Å². The number of amides is 1. The summed E-state index contributed by atoms with van der Waals surface area (Å²) >= 11 is 4.30. The molecule has 1 aromatic rings. The van der Waals surface area contributed by atoms with E-state index in [0.29, 0.717) is 18.8 Å². The number of piperidine rings is 1. The largest absolute Gasteiger partial charge is 0.444 e. The number of carbonyl (C=O) groups excluding carboxylic acids is 1. The fourth-order valence-corrected chi connectivity index (χ4v) is 3.11. The van der Waals surface area contributed by atoms with Crippen molar-refractivity contribution in [2.75, 3.05) is 18.8 Å². The first-order valence-corrected chi connectivity index (χ1v) is 9.94. The third kappa shape index (κ3) is 6.28. The Morgan fingerprint density at radius 2 is 1.81 bits per heavy atom. The molecule has 0 N–H and O–H groups in total. The normalized spacial score (nSPS) is 15.5. The van der Waals surface area contributed by atoms with Gasteiger partial charge in [-0.15, -0.1) is 0 Å². The SMILES string of the molecule is C=C(N=C(C)CS)C(=C1CCN(C(=O)OC(C)(C)C)CC1)c1ccccc1. The van der Waals surface area contributed by atoms with Crippen LogP contribution in [0.3, 0.4) is 0 Å². The molecule has 0 atom stereocenters. The summed E-state index contributed by atoms with van der Waals surface area (Å²) in [5.74, 6) is 0.600. The van der Waals surface area contributed by atoms with E-state index in [2.05, 4.69) is 36.3 Å². The maximum atomic E-state index is 12.3. The molecular weight excluding hydrogens is 356 g/mol. The van der Waals surface area contributed by atoms with Gasteiger partial charge < -0.3 is 9.64 Å². The molecule has 1 aliphatic rings. The second kappa shape index (κ2) is 9.27. The van der Waals surface area contributed by atoms with Crippen LogP contribution in [0.15, 0.2) is 53.2 Å². The standard InChI is InChI=1S/C22H30N2O2S/c1-16(15-27)23-17(2)20(18-9-7-6-8-10-18)19-11-13-24(14-12-19)21(25)26-22(3,4)5/h6-10,27H,2,11-15H2,1,3-5H3. The van der Waals surface area contributed by atoms with E-state index in [-0.39, 0.29) is 6.09 Å². The predicted molar refractivity (Wildman–Crippen MR) is 117 cm³/mol. The molecule has 0 saturated carbocycles. The minimum absolute atomic E-state index is 0.245. The summed E-state index contributed by atoms with van der Waals surface area (Å²) in [5, 5.41) is 0. The predicted octanol–water partition coefficient (Wildman–Crippen LogP) is 5.38. The van der Waals surface area contributed by atoms with Crippen molar-refractivity contribution in [3.63, 3.8) is 0 Å². The topological polar surface area (TPSA) is 41.9 Å². The lowest BCUT2D eigenvalue weighted by molar-refractivity contribution is 0.0236. The first-order chi connectivity index (χ1) is 12.7. The van der Waals surface area contributed by atoms with Gasteiger partial charge in [-0.05, 0) is 46.1 Å². The van der Waals surface area contributed by atoms with Gasteiger partial charge >= 0.3 is 6.09 Å². The van der Waals surface area contributed by atoms with E-state index in [1.165, 1.54) is 5.57 Å². The van der Waals surface area contributed by atoms with Crippen LogP contribution in [0.5, 0.6) is 0 Å². The zero-order valence-corrected chi connectivity index (χ0v) is 17.7. The zero-order valence-electron chi connectivity index (χ0n) is 16.8. The highest BCUT2D eigenvalue weighted by atomic mass is 32.1. The molecule has 0 spiro atoms. The Hall–Kier alpha value is -2.01. The van der Waals surface area contributed by atoms with E-state index >= 15 is 0 Å². The molecule has 1 saturated heterocycles. The third-order valence-electron chi connectivity index (χ3n) is 4.28. The maximum absolute atomic E-state index is 12.3. The summed E-state index contributed by atoms with van der Waals surface area (Å²) in [6.45, 7) is 13.1. The Balaban J connectivity index is 2.25. The van der Waals surface area contributed by atoms with E-state index in [0.717, 1.165) is 35.4 Å². The second-order valence-electron chi connectivity index (χ2n) is 7.76. The van der Waals surface area contributed by atoms with Crippen LogP contribution >= 0.6 is 12.6 Å². The number of hydrogen-bond donors (Lipinski definition) is 1. The van der Waals surface area contributed by atoms with E-state index in [4.69, 9.17) is 4.74 Å². The number of hydrogen-bond acceptors (Lipinski definition) is 4. The molecule has 1 fully saturated rings. The molecule has 0 aliphatic carbocycles. The highest BCUT2D eigenvalue weighted by molar-refractivity contribution is 7.81. The van der Waals surface area contributed by atoms with Crippen molar-refractivity contribution in [3.8, 4) is 0 Å². The van der Waals surface area contributed by atoms with Gasteiger partial charge in [0.1, 0.15) is 5.60 Å². The van der Waals surface area contributed by atoms with Gasteiger partial charge in [0.25, 0.3) is 0 Å². The van der Waals surface area contributed by atoms with Crippen molar-refractivity contribution < 1.29 is 9.53 Å². The minimum atomic E-state index is -0.476. The molecule has 1 heterocycles. The number of rotatable bonds is 4. The molecule has 5 heteroatoms. The van der Waals surface area contributed by atoms with Crippen LogP contribution < -0.4 is 0 Å². The van der Waals surface area contributed by atoms with Crippen LogP contribution in [-0.4, -0.2) is 41.1 Å². The number of carbonyl (C=O) groups is 1. The van der Waals surface area contributed by atoms with Gasteiger partial charge in [-0.25, -0.2) is 4.79 Å². The molecular formula is C22H30N2O2S. The smallest absolute Gasteiger partial charge is 0.410 e. The van der Waals surface area contributed by atoms with E-state index in [1.54, 1.807) is 4.90 Å². The Morgan fingerprint density at radius 1 is 1.22 bits per heavy atom. The third-order valence-corrected chi connectivity index (χ3v) is 4.74. The monoisotopic (exact) mass is 386 g/mol. The molecule has 0 aromatic heterocycles. The van der Waals surface area contributed by atoms with Gasteiger partial charge in [-0.1, -0.05) is 42.5 Å². The molecule has 0 unspecified atom stereocenters. The highest BCUT2D eigenvalue weighted by Gasteiger charge is 2.26. The lowest BCUT2D eigenvalue weighted by Gasteiger charge is -2.32. The Labute approximate surface area is 168 Å². The van der Waals surface area contributed by atoms with Crippen molar-refractivity contribution in [2.24, 2.45) is 4.99 Å². The number of thiol groups is 1. The molecule has 4 nitrogen and oxygen atoms in total. The summed E-state index contributed by atoms with van der Waals surface area (Å²) in [4.78, 5) is 18.7. The van der Waals surface area contributed by atoms with Gasteiger partial charge in [0, 0.05) is 30.1 Å². The zero-order chi connectivity index (χ0) is 20.0. The molecule has 27 heavy (non-hydrogen) atoms. The van der Waals surface area contributed by atoms with Crippen molar-refractivity contribution in [2.45, 2.75) is 46.1 Å². The lowest BCUT2D eigenvalue weighted by atomic mass is 9.91. The Kier molecular flexibility index (Phi) is 7.31. The summed E-state index contributed by atoms with van der Waals surface area (Å²) in [6.07, 6.45) is 1.33. The highest BCUT2D eigenvalue weighted by Crippen LogP contribution is 2.32. The van der Waals surface area contributed by atoms with Crippen molar-refractivity contribution in [3.05, 3.63) is 53.7 Å². The molecule has 1 aliphatic heterocycles. The summed E-state index contributed by atoms with van der Waals surface area (Å²) in [7, 11) is 0. The van der Waals surface area contributed by atoms with Gasteiger partial charge in [0.2, 0.25) is 0 Å². The van der Waals surface area contributed by atoms with Crippen LogP contribution in [0.25, 0.3) is 5.57 Å². The average Bonchev–Trinajstić information content (AvgIpc) is 2.62.